The molecular formula is C15H26ClN3. The molecule has 19 heavy (non-hydrogen) atoms. The van der Waals surface area contributed by atoms with Gasteiger partial charge < -0.3 is 5.32 Å². The normalized spacial score (nSPS) is 25.8. The van der Waals surface area contributed by atoms with Crippen LogP contribution in [0.15, 0.2) is 6.20 Å². The zero-order valence-corrected chi connectivity index (χ0v) is 13.2. The van der Waals surface area contributed by atoms with Crippen LogP contribution in [0.3, 0.4) is 0 Å². The van der Waals surface area contributed by atoms with Gasteiger partial charge in [0.05, 0.1) is 23.0 Å². The smallest absolute Gasteiger partial charge is 0.0834 e. The molecule has 2 rings (SSSR count). The Labute approximate surface area is 121 Å². The van der Waals surface area contributed by atoms with Gasteiger partial charge in [-0.15, -0.1) is 0 Å². The maximum Gasteiger partial charge on any atom is 0.0834 e. The van der Waals surface area contributed by atoms with E-state index in [-0.39, 0.29) is 0 Å². The highest BCUT2D eigenvalue weighted by molar-refractivity contribution is 6.31. The van der Waals surface area contributed by atoms with Gasteiger partial charge in [0.25, 0.3) is 0 Å². The number of nitrogens with zero attached hydrogens (tertiary/aromatic N) is 2. The molecule has 1 N–H and O–H groups in total. The van der Waals surface area contributed by atoms with Crippen molar-refractivity contribution in [2.24, 2.45) is 11.8 Å². The summed E-state index contributed by atoms with van der Waals surface area (Å²) in [5.41, 5.74) is 1.17. The molecule has 0 spiro atoms. The van der Waals surface area contributed by atoms with Crippen molar-refractivity contribution in [1.82, 2.24) is 15.1 Å². The summed E-state index contributed by atoms with van der Waals surface area (Å²) >= 11 is 6.39. The van der Waals surface area contributed by atoms with Crippen molar-refractivity contribution in [3.05, 3.63) is 16.9 Å². The number of halogens is 1. The molecule has 1 heterocycles. The fourth-order valence-electron chi connectivity index (χ4n) is 3.27. The third-order valence-corrected chi connectivity index (χ3v) is 4.70. The SMILES string of the molecule is CNC(c1c(Cl)cnn1C(C)C)C1CCC(C)CC1. The average molecular weight is 284 g/mol. The molecule has 0 saturated heterocycles. The van der Waals surface area contributed by atoms with Gasteiger partial charge in [0.2, 0.25) is 0 Å². The van der Waals surface area contributed by atoms with E-state index in [9.17, 15) is 0 Å². The lowest BCUT2D eigenvalue weighted by Gasteiger charge is -2.33. The van der Waals surface area contributed by atoms with Gasteiger partial charge in [-0.25, -0.2) is 0 Å². The van der Waals surface area contributed by atoms with Crippen LogP contribution in [0.5, 0.6) is 0 Å². The molecule has 0 aromatic carbocycles. The summed E-state index contributed by atoms with van der Waals surface area (Å²) in [6.07, 6.45) is 7.01. The molecule has 0 aliphatic heterocycles. The minimum absolute atomic E-state index is 0.324. The van der Waals surface area contributed by atoms with Crippen molar-refractivity contribution >= 4 is 11.6 Å². The predicted molar refractivity (Wildman–Crippen MR) is 80.5 cm³/mol. The molecule has 0 bridgehead atoms. The van der Waals surface area contributed by atoms with Crippen LogP contribution in [0.25, 0.3) is 0 Å². The Bertz CT molecular complexity index is 406. The Morgan fingerprint density at radius 1 is 1.32 bits per heavy atom. The van der Waals surface area contributed by atoms with Crippen molar-refractivity contribution in [2.45, 2.75) is 58.5 Å². The van der Waals surface area contributed by atoms with Crippen molar-refractivity contribution < 1.29 is 0 Å². The van der Waals surface area contributed by atoms with E-state index in [0.717, 1.165) is 10.9 Å². The molecule has 108 valence electrons. The van der Waals surface area contributed by atoms with Gasteiger partial charge in [-0.3, -0.25) is 4.68 Å². The van der Waals surface area contributed by atoms with Gasteiger partial charge in [0.15, 0.2) is 0 Å². The molecule has 0 amide bonds. The van der Waals surface area contributed by atoms with Gasteiger partial charge in [0, 0.05) is 6.04 Å². The van der Waals surface area contributed by atoms with Gasteiger partial charge in [-0.05, 0) is 45.6 Å². The number of hydrogen-bond donors (Lipinski definition) is 1. The molecule has 1 saturated carbocycles. The maximum atomic E-state index is 6.39. The summed E-state index contributed by atoms with van der Waals surface area (Å²) in [5, 5.41) is 8.72. The van der Waals surface area contributed by atoms with Crippen molar-refractivity contribution in [2.75, 3.05) is 7.05 Å². The van der Waals surface area contributed by atoms with Crippen LogP contribution in [-0.2, 0) is 0 Å². The summed E-state index contributed by atoms with van der Waals surface area (Å²) in [5.74, 6) is 1.55. The largest absolute Gasteiger partial charge is 0.311 e. The zero-order chi connectivity index (χ0) is 14.0. The molecule has 0 radical (unpaired) electrons. The Kier molecular flexibility index (Phi) is 4.91. The lowest BCUT2D eigenvalue weighted by Crippen LogP contribution is -2.31. The first kappa shape index (κ1) is 14.9. The van der Waals surface area contributed by atoms with Crippen molar-refractivity contribution in [3.63, 3.8) is 0 Å². The second-order valence-electron chi connectivity index (χ2n) is 6.20. The second kappa shape index (κ2) is 6.27. The number of hydrogen-bond acceptors (Lipinski definition) is 2. The number of nitrogens with one attached hydrogen (secondary N) is 1. The van der Waals surface area contributed by atoms with E-state index >= 15 is 0 Å². The lowest BCUT2D eigenvalue weighted by molar-refractivity contribution is 0.229. The molecule has 1 aliphatic carbocycles. The van der Waals surface area contributed by atoms with Gasteiger partial charge >= 0.3 is 0 Å². The van der Waals surface area contributed by atoms with Crippen molar-refractivity contribution in [3.8, 4) is 0 Å². The summed E-state index contributed by atoms with van der Waals surface area (Å²) in [4.78, 5) is 0. The summed E-state index contributed by atoms with van der Waals surface area (Å²) in [6.45, 7) is 6.67. The van der Waals surface area contributed by atoms with Crippen LogP contribution >= 0.6 is 11.6 Å². The highest BCUT2D eigenvalue weighted by Gasteiger charge is 2.30. The number of rotatable bonds is 4. The van der Waals surface area contributed by atoms with Gasteiger partial charge in [-0.2, -0.15) is 5.10 Å². The van der Waals surface area contributed by atoms with E-state index in [1.165, 1.54) is 31.4 Å². The Hall–Kier alpha value is -0.540. The highest BCUT2D eigenvalue weighted by atomic mass is 35.5. The van der Waals surface area contributed by atoms with E-state index in [1.807, 2.05) is 7.05 Å². The predicted octanol–water partition coefficient (Wildman–Crippen LogP) is 4.20. The molecule has 1 atom stereocenters. The first-order valence-electron chi connectivity index (χ1n) is 7.44. The minimum atomic E-state index is 0.324. The first-order chi connectivity index (χ1) is 9.04. The highest BCUT2D eigenvalue weighted by Crippen LogP contribution is 2.39. The average Bonchev–Trinajstić information content (AvgIpc) is 2.75. The van der Waals surface area contributed by atoms with Crippen LogP contribution in [0.1, 0.15) is 64.2 Å². The third kappa shape index (κ3) is 3.14. The molecular weight excluding hydrogens is 258 g/mol. The molecule has 3 nitrogen and oxygen atoms in total. The molecule has 1 aliphatic rings. The molecule has 4 heteroatoms. The third-order valence-electron chi connectivity index (χ3n) is 4.41. The second-order valence-corrected chi connectivity index (χ2v) is 6.61. The topological polar surface area (TPSA) is 29.9 Å². The van der Waals surface area contributed by atoms with E-state index in [0.29, 0.717) is 18.0 Å². The van der Waals surface area contributed by atoms with E-state index in [2.05, 4.69) is 35.9 Å². The Balaban J connectivity index is 2.24. The van der Waals surface area contributed by atoms with Gasteiger partial charge in [-0.1, -0.05) is 31.4 Å². The first-order valence-corrected chi connectivity index (χ1v) is 7.82. The Morgan fingerprint density at radius 2 is 1.95 bits per heavy atom. The number of aromatic nitrogens is 2. The maximum absolute atomic E-state index is 6.39. The van der Waals surface area contributed by atoms with Crippen LogP contribution in [-0.4, -0.2) is 16.8 Å². The van der Waals surface area contributed by atoms with E-state index in [1.54, 1.807) is 6.20 Å². The lowest BCUT2D eigenvalue weighted by atomic mass is 9.78. The summed E-state index contributed by atoms with van der Waals surface area (Å²) in [6, 6.07) is 0.672. The summed E-state index contributed by atoms with van der Waals surface area (Å²) in [7, 11) is 2.04. The zero-order valence-electron chi connectivity index (χ0n) is 12.5. The monoisotopic (exact) mass is 283 g/mol. The van der Waals surface area contributed by atoms with E-state index < -0.39 is 0 Å². The van der Waals surface area contributed by atoms with Crippen LogP contribution in [0.2, 0.25) is 5.02 Å². The molecule has 1 unspecified atom stereocenters. The molecule has 1 aromatic rings. The molecule has 1 fully saturated rings. The van der Waals surface area contributed by atoms with Crippen LogP contribution in [0, 0.1) is 11.8 Å². The van der Waals surface area contributed by atoms with Gasteiger partial charge in [0.1, 0.15) is 0 Å². The van der Waals surface area contributed by atoms with Crippen LogP contribution < -0.4 is 5.32 Å². The minimum Gasteiger partial charge on any atom is -0.311 e. The Morgan fingerprint density at radius 3 is 2.47 bits per heavy atom. The molecule has 1 aromatic heterocycles. The summed E-state index contributed by atoms with van der Waals surface area (Å²) < 4.78 is 2.07. The standard InChI is InChI=1S/C15H26ClN3/c1-10(2)19-15(13(16)9-18-19)14(17-4)12-7-5-11(3)6-8-12/h9-12,14,17H,5-8H2,1-4H3. The van der Waals surface area contributed by atoms with Crippen LogP contribution in [0.4, 0.5) is 0 Å². The quantitative estimate of drug-likeness (QED) is 0.897. The fraction of sp³-hybridized carbons (Fsp3) is 0.800. The van der Waals surface area contributed by atoms with E-state index in [4.69, 9.17) is 11.6 Å². The fourth-order valence-corrected chi connectivity index (χ4v) is 3.52. The van der Waals surface area contributed by atoms with Crippen molar-refractivity contribution in [1.29, 1.82) is 0 Å².